The van der Waals surface area contributed by atoms with Crippen molar-refractivity contribution in [3.8, 4) is 0 Å². The normalized spacial score (nSPS) is 11.4. The van der Waals surface area contributed by atoms with E-state index in [0.29, 0.717) is 12.8 Å². The van der Waals surface area contributed by atoms with Crippen LogP contribution in [-0.4, -0.2) is 16.9 Å². The Bertz CT molecular complexity index is 889. The number of aliphatic carboxylic acids is 1. The van der Waals surface area contributed by atoms with Crippen LogP contribution in [0.5, 0.6) is 0 Å². The van der Waals surface area contributed by atoms with E-state index in [1.165, 1.54) is 196 Å². The summed E-state index contributed by atoms with van der Waals surface area (Å²) in [5, 5.41) is 9.24. The SMILES string of the molecule is CCCCCCCCCCCCc1cc(CCCCCCCCCCCC)c(C(=O)CCCC(=O)O)c(CCCCCCCCCCCC)c1. The molecule has 0 spiro atoms. The van der Waals surface area contributed by atoms with Gasteiger partial charge in [0.05, 0.1) is 0 Å². The molecule has 290 valence electrons. The van der Waals surface area contributed by atoms with Gasteiger partial charge in [0.2, 0.25) is 0 Å². The van der Waals surface area contributed by atoms with Crippen molar-refractivity contribution in [3.05, 3.63) is 34.4 Å². The first-order chi connectivity index (χ1) is 24.5. The number of Topliss-reactive ketones (excluding diaryl/α,β-unsaturated/α-hetero) is 1. The number of benzene rings is 1. The zero-order valence-corrected chi connectivity index (χ0v) is 33.9. The number of rotatable bonds is 38. The molecular formula is C47H84O3. The van der Waals surface area contributed by atoms with Crippen molar-refractivity contribution < 1.29 is 14.7 Å². The highest BCUT2D eigenvalue weighted by Crippen LogP contribution is 2.27. The first-order valence-electron chi connectivity index (χ1n) is 22.4. The molecule has 0 radical (unpaired) electrons. The van der Waals surface area contributed by atoms with Gasteiger partial charge in [-0.3, -0.25) is 9.59 Å². The molecule has 3 heteroatoms. The van der Waals surface area contributed by atoms with E-state index in [4.69, 9.17) is 0 Å². The molecule has 0 bridgehead atoms. The Labute approximate surface area is 312 Å². The van der Waals surface area contributed by atoms with Crippen LogP contribution in [0.2, 0.25) is 0 Å². The molecule has 0 atom stereocenters. The van der Waals surface area contributed by atoms with Gasteiger partial charge in [-0.15, -0.1) is 0 Å². The Morgan fingerprint density at radius 3 is 1.02 bits per heavy atom. The smallest absolute Gasteiger partial charge is 0.303 e. The molecule has 0 aliphatic heterocycles. The summed E-state index contributed by atoms with van der Waals surface area (Å²) in [6.07, 6.45) is 43.8. The maximum absolute atomic E-state index is 13.8. The molecule has 1 N–H and O–H groups in total. The van der Waals surface area contributed by atoms with Crippen LogP contribution in [-0.2, 0) is 24.1 Å². The second-order valence-electron chi connectivity index (χ2n) is 15.8. The van der Waals surface area contributed by atoms with Crippen molar-refractivity contribution >= 4 is 11.8 Å². The zero-order valence-electron chi connectivity index (χ0n) is 33.9. The summed E-state index contributed by atoms with van der Waals surface area (Å²) in [6.45, 7) is 6.85. The fourth-order valence-electron chi connectivity index (χ4n) is 7.68. The van der Waals surface area contributed by atoms with Crippen molar-refractivity contribution in [2.75, 3.05) is 0 Å². The van der Waals surface area contributed by atoms with Crippen LogP contribution in [0.1, 0.15) is 260 Å². The Morgan fingerprint density at radius 2 is 0.700 bits per heavy atom. The van der Waals surface area contributed by atoms with Crippen LogP contribution < -0.4 is 0 Å². The van der Waals surface area contributed by atoms with Crippen molar-refractivity contribution in [3.63, 3.8) is 0 Å². The minimum atomic E-state index is -0.805. The van der Waals surface area contributed by atoms with Crippen LogP contribution in [0.15, 0.2) is 12.1 Å². The minimum absolute atomic E-state index is 0.0735. The van der Waals surface area contributed by atoms with Gasteiger partial charge in [-0.25, -0.2) is 0 Å². The van der Waals surface area contributed by atoms with Gasteiger partial charge in [0.1, 0.15) is 0 Å². The number of carboxylic acid groups (broad SMARTS) is 1. The number of hydrogen-bond acceptors (Lipinski definition) is 2. The number of aryl methyl sites for hydroxylation is 3. The highest BCUT2D eigenvalue weighted by molar-refractivity contribution is 5.99. The molecule has 1 rings (SSSR count). The lowest BCUT2D eigenvalue weighted by Gasteiger charge is -2.18. The van der Waals surface area contributed by atoms with E-state index in [0.717, 1.165) is 37.7 Å². The van der Waals surface area contributed by atoms with Gasteiger partial charge in [0.25, 0.3) is 0 Å². The third kappa shape index (κ3) is 26.2. The van der Waals surface area contributed by atoms with Gasteiger partial charge in [0.15, 0.2) is 5.78 Å². The lowest BCUT2D eigenvalue weighted by Crippen LogP contribution is -2.11. The van der Waals surface area contributed by atoms with Gasteiger partial charge in [-0.2, -0.15) is 0 Å². The van der Waals surface area contributed by atoms with E-state index in [-0.39, 0.29) is 12.2 Å². The monoisotopic (exact) mass is 697 g/mol. The molecule has 0 saturated carbocycles. The fourth-order valence-corrected chi connectivity index (χ4v) is 7.68. The summed E-state index contributed by atoms with van der Waals surface area (Å²) < 4.78 is 0. The number of carbonyl (C=O) groups is 2. The van der Waals surface area contributed by atoms with Crippen molar-refractivity contribution in [2.45, 2.75) is 252 Å². The minimum Gasteiger partial charge on any atom is -0.481 e. The number of carbonyl (C=O) groups excluding carboxylic acids is 1. The molecule has 0 heterocycles. The number of carboxylic acids is 1. The standard InChI is InChI=1S/C47H84O3/c1-4-7-10-13-16-19-22-25-28-31-35-42-40-43(36-32-29-26-23-20-17-14-11-8-5-2)47(45(48)38-34-39-46(49)50)44(41-42)37-33-30-27-24-21-18-15-12-9-6-3/h40-41H,4-39H2,1-3H3,(H,49,50). The van der Waals surface area contributed by atoms with Gasteiger partial charge in [0, 0.05) is 18.4 Å². The molecule has 0 aliphatic rings. The van der Waals surface area contributed by atoms with E-state index in [9.17, 15) is 14.7 Å². The Morgan fingerprint density at radius 1 is 0.400 bits per heavy atom. The van der Waals surface area contributed by atoms with Crippen LogP contribution in [0.3, 0.4) is 0 Å². The molecule has 1 aromatic carbocycles. The van der Waals surface area contributed by atoms with Gasteiger partial charge < -0.3 is 5.11 Å². The first-order valence-corrected chi connectivity index (χ1v) is 22.4. The van der Waals surface area contributed by atoms with E-state index in [2.05, 4.69) is 32.9 Å². The summed E-state index contributed by atoms with van der Waals surface area (Å²) in [5.41, 5.74) is 4.91. The molecule has 0 unspecified atom stereocenters. The Kier molecular flexibility index (Phi) is 32.0. The lowest BCUT2D eigenvalue weighted by molar-refractivity contribution is -0.137. The van der Waals surface area contributed by atoms with Crippen molar-refractivity contribution in [2.24, 2.45) is 0 Å². The van der Waals surface area contributed by atoms with Crippen molar-refractivity contribution in [1.82, 2.24) is 0 Å². The largest absolute Gasteiger partial charge is 0.481 e. The Hall–Kier alpha value is -1.64. The second-order valence-corrected chi connectivity index (χ2v) is 15.8. The average molecular weight is 697 g/mol. The third-order valence-electron chi connectivity index (χ3n) is 10.9. The fraction of sp³-hybridized carbons (Fsp3) is 0.830. The van der Waals surface area contributed by atoms with Gasteiger partial charge in [-0.1, -0.05) is 206 Å². The number of ketones is 1. The predicted octanol–water partition coefficient (Wildman–Crippen LogP) is 15.5. The highest BCUT2D eigenvalue weighted by atomic mass is 16.4. The molecule has 0 saturated heterocycles. The maximum Gasteiger partial charge on any atom is 0.303 e. The summed E-state index contributed by atoms with van der Waals surface area (Å²) >= 11 is 0. The van der Waals surface area contributed by atoms with Gasteiger partial charge >= 0.3 is 5.97 Å². The second kappa shape index (κ2) is 34.4. The molecule has 0 fully saturated rings. The van der Waals surface area contributed by atoms with E-state index < -0.39 is 5.97 Å². The van der Waals surface area contributed by atoms with Crippen LogP contribution in [0, 0.1) is 0 Å². The summed E-state index contributed by atoms with van der Waals surface area (Å²) in [4.78, 5) is 25.0. The van der Waals surface area contributed by atoms with Crippen molar-refractivity contribution in [1.29, 1.82) is 0 Å². The summed E-state index contributed by atoms with van der Waals surface area (Å²) in [5.74, 6) is -0.623. The van der Waals surface area contributed by atoms with E-state index in [1.54, 1.807) is 0 Å². The van der Waals surface area contributed by atoms with E-state index >= 15 is 0 Å². The summed E-state index contributed by atoms with van der Waals surface area (Å²) in [7, 11) is 0. The average Bonchev–Trinajstić information content (AvgIpc) is 3.10. The zero-order chi connectivity index (χ0) is 36.3. The van der Waals surface area contributed by atoms with Gasteiger partial charge in [-0.05, 0) is 61.6 Å². The molecule has 0 amide bonds. The molecule has 50 heavy (non-hydrogen) atoms. The van der Waals surface area contributed by atoms with E-state index in [1.807, 2.05) is 0 Å². The number of unbranched alkanes of at least 4 members (excludes halogenated alkanes) is 27. The number of hydrogen-bond donors (Lipinski definition) is 1. The molecule has 3 nitrogen and oxygen atoms in total. The molecule has 0 aromatic heterocycles. The quantitative estimate of drug-likeness (QED) is 0.0553. The highest BCUT2D eigenvalue weighted by Gasteiger charge is 2.18. The van der Waals surface area contributed by atoms with Crippen LogP contribution >= 0.6 is 0 Å². The first kappa shape index (κ1) is 46.4. The lowest BCUT2D eigenvalue weighted by atomic mass is 9.86. The molecule has 1 aromatic rings. The van der Waals surface area contributed by atoms with Crippen LogP contribution in [0.4, 0.5) is 0 Å². The Balaban J connectivity index is 2.86. The molecular weight excluding hydrogens is 613 g/mol. The predicted molar refractivity (Wildman–Crippen MR) is 219 cm³/mol. The van der Waals surface area contributed by atoms with Crippen LogP contribution in [0.25, 0.3) is 0 Å². The topological polar surface area (TPSA) is 54.4 Å². The third-order valence-corrected chi connectivity index (χ3v) is 10.9. The maximum atomic E-state index is 13.8. The summed E-state index contributed by atoms with van der Waals surface area (Å²) in [6, 6.07) is 4.77. The molecule has 0 aliphatic carbocycles.